The average molecular weight is 429 g/mol. The molecule has 0 radical (unpaired) electrons. The van der Waals surface area contributed by atoms with Crippen LogP contribution in [0, 0.1) is 12.7 Å². The Morgan fingerprint density at radius 3 is 2.75 bits per heavy atom. The molecule has 4 aromatic rings. The summed E-state index contributed by atoms with van der Waals surface area (Å²) in [7, 11) is 0. The second kappa shape index (κ2) is 8.88. The Labute approximate surface area is 185 Å². The molecule has 5 rings (SSSR count). The van der Waals surface area contributed by atoms with E-state index in [-0.39, 0.29) is 11.9 Å². The molecule has 6 nitrogen and oxygen atoms in total. The Hall–Kier alpha value is -3.58. The third kappa shape index (κ3) is 4.38. The number of pyridine rings is 1. The van der Waals surface area contributed by atoms with Gasteiger partial charge in [0.25, 0.3) is 0 Å². The lowest BCUT2D eigenvalue weighted by molar-refractivity contribution is 0.163. The lowest BCUT2D eigenvalue weighted by atomic mass is 10.00. The van der Waals surface area contributed by atoms with E-state index in [9.17, 15) is 4.39 Å². The van der Waals surface area contributed by atoms with Crippen molar-refractivity contribution < 1.29 is 9.13 Å². The van der Waals surface area contributed by atoms with E-state index in [2.05, 4.69) is 38.6 Å². The molecular weight excluding hydrogens is 405 g/mol. The van der Waals surface area contributed by atoms with E-state index in [0.717, 1.165) is 59.3 Å². The zero-order valence-corrected chi connectivity index (χ0v) is 17.8. The summed E-state index contributed by atoms with van der Waals surface area (Å²) in [5, 5.41) is 7.34. The number of piperidine rings is 1. The number of benzene rings is 2. The predicted molar refractivity (Wildman–Crippen MR) is 124 cm³/mol. The van der Waals surface area contributed by atoms with Gasteiger partial charge in [0, 0.05) is 46.9 Å². The summed E-state index contributed by atoms with van der Waals surface area (Å²) < 4.78 is 20.0. The summed E-state index contributed by atoms with van der Waals surface area (Å²) in [5.41, 5.74) is 4.49. The molecule has 1 fully saturated rings. The topological polar surface area (TPSA) is 72.0 Å². The van der Waals surface area contributed by atoms with Crippen LogP contribution in [0.1, 0.15) is 18.4 Å². The van der Waals surface area contributed by atoms with Gasteiger partial charge in [-0.25, -0.2) is 14.4 Å². The normalized spacial score (nSPS) is 14.4. The molecular formula is C25H24FN5O. The molecule has 3 heterocycles. The summed E-state index contributed by atoms with van der Waals surface area (Å²) in [5.74, 6) is 0.877. The van der Waals surface area contributed by atoms with Crippen molar-refractivity contribution in [3.63, 3.8) is 0 Å². The minimum Gasteiger partial charge on any atom is -0.490 e. The number of hydrogen-bond acceptors (Lipinski definition) is 6. The van der Waals surface area contributed by atoms with Crippen molar-refractivity contribution in [2.24, 2.45) is 0 Å². The van der Waals surface area contributed by atoms with Crippen molar-refractivity contribution in [1.82, 2.24) is 20.3 Å². The first-order valence-electron chi connectivity index (χ1n) is 10.8. The van der Waals surface area contributed by atoms with Crippen LogP contribution in [-0.4, -0.2) is 34.1 Å². The molecule has 0 aliphatic carbocycles. The number of anilines is 2. The van der Waals surface area contributed by atoms with Crippen LogP contribution >= 0.6 is 0 Å². The van der Waals surface area contributed by atoms with Gasteiger partial charge in [-0.05, 0) is 68.8 Å². The number of aryl methyl sites for hydroxylation is 1. The molecule has 2 N–H and O–H groups in total. The number of nitrogens with one attached hydrogen (secondary N) is 2. The number of ether oxygens (including phenoxy) is 1. The maximum Gasteiger partial charge on any atom is 0.227 e. The Morgan fingerprint density at radius 1 is 1.06 bits per heavy atom. The van der Waals surface area contributed by atoms with Crippen LogP contribution in [0.2, 0.25) is 0 Å². The van der Waals surface area contributed by atoms with E-state index in [0.29, 0.717) is 11.6 Å². The Balaban J connectivity index is 1.55. The lowest BCUT2D eigenvalue weighted by Gasteiger charge is -2.25. The highest BCUT2D eigenvalue weighted by Crippen LogP contribution is 2.36. The van der Waals surface area contributed by atoms with Gasteiger partial charge < -0.3 is 15.4 Å². The summed E-state index contributed by atoms with van der Waals surface area (Å²) in [6.45, 7) is 3.96. The van der Waals surface area contributed by atoms with E-state index < -0.39 is 0 Å². The van der Waals surface area contributed by atoms with Crippen molar-refractivity contribution in [2.45, 2.75) is 25.9 Å². The lowest BCUT2D eigenvalue weighted by Crippen LogP contribution is -2.34. The smallest absolute Gasteiger partial charge is 0.227 e. The van der Waals surface area contributed by atoms with Gasteiger partial charge in [0.2, 0.25) is 5.95 Å². The molecule has 7 heteroatoms. The SMILES string of the molecule is Cc1ccncc1-c1cc2cnc(Nc3cccc(F)c3)nc2cc1OC1CCNCC1. The van der Waals surface area contributed by atoms with Gasteiger partial charge in [0.1, 0.15) is 17.7 Å². The van der Waals surface area contributed by atoms with Crippen molar-refractivity contribution in [1.29, 1.82) is 0 Å². The van der Waals surface area contributed by atoms with Gasteiger partial charge in [-0.2, -0.15) is 0 Å². The third-order valence-electron chi connectivity index (χ3n) is 5.67. The first-order valence-corrected chi connectivity index (χ1v) is 10.8. The van der Waals surface area contributed by atoms with Gasteiger partial charge in [0.15, 0.2) is 0 Å². The maximum absolute atomic E-state index is 13.5. The van der Waals surface area contributed by atoms with Crippen molar-refractivity contribution >= 4 is 22.5 Å². The highest BCUT2D eigenvalue weighted by molar-refractivity contribution is 5.89. The highest BCUT2D eigenvalue weighted by Gasteiger charge is 2.19. The fourth-order valence-corrected chi connectivity index (χ4v) is 3.96. The molecule has 0 saturated carbocycles. The fourth-order valence-electron chi connectivity index (χ4n) is 3.96. The number of hydrogen-bond donors (Lipinski definition) is 2. The Kier molecular flexibility index (Phi) is 5.64. The van der Waals surface area contributed by atoms with Crippen LogP contribution in [0.5, 0.6) is 5.75 Å². The molecule has 0 amide bonds. The molecule has 0 unspecified atom stereocenters. The second-order valence-corrected chi connectivity index (χ2v) is 7.99. The van der Waals surface area contributed by atoms with Crippen LogP contribution < -0.4 is 15.4 Å². The molecule has 32 heavy (non-hydrogen) atoms. The van der Waals surface area contributed by atoms with E-state index in [1.54, 1.807) is 24.5 Å². The molecule has 0 bridgehead atoms. The molecule has 162 valence electrons. The molecule has 0 atom stereocenters. The van der Waals surface area contributed by atoms with Crippen LogP contribution in [0.3, 0.4) is 0 Å². The number of halogens is 1. The van der Waals surface area contributed by atoms with E-state index in [4.69, 9.17) is 4.74 Å². The molecule has 1 aliphatic heterocycles. The minimum absolute atomic E-state index is 0.149. The first-order chi connectivity index (χ1) is 15.7. The zero-order valence-electron chi connectivity index (χ0n) is 17.8. The molecule has 1 saturated heterocycles. The number of nitrogens with zero attached hydrogens (tertiary/aromatic N) is 3. The van der Waals surface area contributed by atoms with Crippen LogP contribution in [-0.2, 0) is 0 Å². The van der Waals surface area contributed by atoms with E-state index in [1.165, 1.54) is 12.1 Å². The van der Waals surface area contributed by atoms with Crippen LogP contribution in [0.25, 0.3) is 22.0 Å². The van der Waals surface area contributed by atoms with Gasteiger partial charge in [-0.15, -0.1) is 0 Å². The average Bonchev–Trinajstić information content (AvgIpc) is 2.80. The number of rotatable bonds is 5. The molecule has 2 aromatic heterocycles. The predicted octanol–water partition coefficient (Wildman–Crippen LogP) is 5.01. The number of aromatic nitrogens is 3. The summed E-state index contributed by atoms with van der Waals surface area (Å²) in [4.78, 5) is 13.4. The summed E-state index contributed by atoms with van der Waals surface area (Å²) in [6, 6.07) is 12.3. The van der Waals surface area contributed by atoms with Gasteiger partial charge in [0.05, 0.1) is 5.52 Å². The zero-order chi connectivity index (χ0) is 21.9. The first kappa shape index (κ1) is 20.3. The molecule has 2 aromatic carbocycles. The Morgan fingerprint density at radius 2 is 1.94 bits per heavy atom. The standard InChI is InChI=1S/C25H24FN5O/c1-16-5-8-28-15-22(16)21-11-17-14-29-25(30-19-4-2-3-18(26)12-19)31-23(17)13-24(21)32-20-6-9-27-10-7-20/h2-5,8,11-15,20,27H,6-7,9-10H2,1H3,(H,29,30,31). The highest BCUT2D eigenvalue weighted by atomic mass is 19.1. The Bertz CT molecular complexity index is 1260. The second-order valence-electron chi connectivity index (χ2n) is 7.99. The van der Waals surface area contributed by atoms with E-state index >= 15 is 0 Å². The summed E-state index contributed by atoms with van der Waals surface area (Å²) >= 11 is 0. The third-order valence-corrected chi connectivity index (χ3v) is 5.67. The van der Waals surface area contributed by atoms with Crippen molar-refractivity contribution in [2.75, 3.05) is 18.4 Å². The molecule has 1 aliphatic rings. The fraction of sp³-hybridized carbons (Fsp3) is 0.240. The van der Waals surface area contributed by atoms with Gasteiger partial charge >= 0.3 is 0 Å². The largest absolute Gasteiger partial charge is 0.490 e. The monoisotopic (exact) mass is 429 g/mol. The number of fused-ring (bicyclic) bond motifs is 1. The van der Waals surface area contributed by atoms with Crippen molar-refractivity contribution in [3.05, 3.63) is 72.4 Å². The van der Waals surface area contributed by atoms with Gasteiger partial charge in [-0.3, -0.25) is 4.98 Å². The van der Waals surface area contributed by atoms with Crippen molar-refractivity contribution in [3.8, 4) is 16.9 Å². The van der Waals surface area contributed by atoms with Crippen LogP contribution in [0.4, 0.5) is 16.0 Å². The van der Waals surface area contributed by atoms with E-state index in [1.807, 2.05) is 18.3 Å². The molecule has 0 spiro atoms. The van der Waals surface area contributed by atoms with Crippen LogP contribution in [0.15, 0.2) is 61.1 Å². The minimum atomic E-state index is -0.315. The maximum atomic E-state index is 13.5. The summed E-state index contributed by atoms with van der Waals surface area (Å²) in [6.07, 6.45) is 7.50. The van der Waals surface area contributed by atoms with Gasteiger partial charge in [-0.1, -0.05) is 6.07 Å². The quantitative estimate of drug-likeness (QED) is 0.465.